The van der Waals surface area contributed by atoms with Gasteiger partial charge in [0.2, 0.25) is 0 Å². The molecule has 0 saturated carbocycles. The van der Waals surface area contributed by atoms with Crippen LogP contribution in [0.5, 0.6) is 5.75 Å². The second-order valence-electron chi connectivity index (χ2n) is 6.04. The van der Waals surface area contributed by atoms with E-state index in [4.69, 9.17) is 9.15 Å². The van der Waals surface area contributed by atoms with Gasteiger partial charge in [0.1, 0.15) is 35.6 Å². The van der Waals surface area contributed by atoms with E-state index in [0.717, 1.165) is 5.56 Å². The first-order valence-electron chi connectivity index (χ1n) is 8.64. The Hall–Kier alpha value is -3.37. The number of nitrogens with zero attached hydrogens (tertiary/aromatic N) is 1. The van der Waals surface area contributed by atoms with Crippen molar-refractivity contribution >= 4 is 27.9 Å². The number of ether oxygens (including phenoxy) is 1. The highest BCUT2D eigenvalue weighted by Gasteiger charge is 2.10. The number of rotatable bonds is 7. The van der Waals surface area contributed by atoms with Crippen molar-refractivity contribution in [1.82, 2.24) is 5.32 Å². The van der Waals surface area contributed by atoms with Crippen molar-refractivity contribution in [2.75, 3.05) is 0 Å². The summed E-state index contributed by atoms with van der Waals surface area (Å²) in [6.07, 6.45) is 3.01. The highest BCUT2D eigenvalue weighted by molar-refractivity contribution is 9.10. The van der Waals surface area contributed by atoms with Gasteiger partial charge in [0.25, 0.3) is 5.91 Å². The molecule has 1 N–H and O–H groups in total. The molecule has 0 unspecified atom stereocenters. The molecule has 29 heavy (non-hydrogen) atoms. The number of benzene rings is 2. The molecule has 2 aromatic carbocycles. The fraction of sp³-hybridized carbons (Fsp3) is 0.0909. The molecular formula is C22H16BrFN2O3. The minimum absolute atomic E-state index is 0.0246. The number of nitriles is 1. The summed E-state index contributed by atoms with van der Waals surface area (Å²) >= 11 is 3.43. The number of nitrogens with one attached hydrogen (secondary N) is 1. The molecule has 0 atom stereocenters. The maximum Gasteiger partial charge on any atom is 0.262 e. The van der Waals surface area contributed by atoms with E-state index in [1.165, 1.54) is 24.5 Å². The van der Waals surface area contributed by atoms with Gasteiger partial charge in [0.05, 0.1) is 17.3 Å². The molecule has 1 heterocycles. The molecule has 1 amide bonds. The Morgan fingerprint density at radius 3 is 2.69 bits per heavy atom. The monoisotopic (exact) mass is 454 g/mol. The number of halogens is 2. The van der Waals surface area contributed by atoms with Crippen molar-refractivity contribution in [3.63, 3.8) is 0 Å². The third-order valence-electron chi connectivity index (χ3n) is 3.94. The summed E-state index contributed by atoms with van der Waals surface area (Å²) in [5.41, 5.74) is 1.47. The predicted octanol–water partition coefficient (Wildman–Crippen LogP) is 4.98. The van der Waals surface area contributed by atoms with E-state index in [1.807, 2.05) is 6.07 Å². The molecule has 3 aromatic rings. The molecule has 0 saturated heterocycles. The Morgan fingerprint density at radius 1 is 1.24 bits per heavy atom. The van der Waals surface area contributed by atoms with Crippen LogP contribution < -0.4 is 10.1 Å². The topological polar surface area (TPSA) is 75.3 Å². The Bertz CT molecular complexity index is 1050. The molecule has 7 heteroatoms. The lowest BCUT2D eigenvalue weighted by molar-refractivity contribution is -0.117. The standard InChI is InChI=1S/C22H16BrFN2O3/c23-20-11-16(5-8-21(20)29-14-15-3-6-18(24)7-4-15)10-17(12-25)22(27)26-13-19-2-1-9-28-19/h1-11H,13-14H2,(H,26,27). The van der Waals surface area contributed by atoms with Crippen molar-refractivity contribution in [3.05, 3.63) is 93.6 Å². The van der Waals surface area contributed by atoms with Gasteiger partial charge in [0.15, 0.2) is 0 Å². The number of carbonyl (C=O) groups excluding carboxylic acids is 1. The van der Waals surface area contributed by atoms with Gasteiger partial charge in [-0.15, -0.1) is 0 Å². The zero-order valence-corrected chi connectivity index (χ0v) is 16.8. The van der Waals surface area contributed by atoms with Crippen LogP contribution in [0.1, 0.15) is 16.9 Å². The van der Waals surface area contributed by atoms with Crippen molar-refractivity contribution in [2.24, 2.45) is 0 Å². The lowest BCUT2D eigenvalue weighted by atomic mass is 10.1. The Balaban J connectivity index is 1.64. The summed E-state index contributed by atoms with van der Waals surface area (Å²) in [7, 11) is 0. The summed E-state index contributed by atoms with van der Waals surface area (Å²) in [5.74, 6) is 0.400. The molecule has 0 radical (unpaired) electrons. The van der Waals surface area contributed by atoms with Crippen molar-refractivity contribution in [2.45, 2.75) is 13.2 Å². The minimum atomic E-state index is -0.489. The van der Waals surface area contributed by atoms with Gasteiger partial charge in [0, 0.05) is 0 Å². The van der Waals surface area contributed by atoms with E-state index >= 15 is 0 Å². The maximum atomic E-state index is 13.0. The van der Waals surface area contributed by atoms with Crippen LogP contribution in [-0.2, 0) is 17.9 Å². The molecule has 0 aliphatic carbocycles. The first-order chi connectivity index (χ1) is 14.0. The predicted molar refractivity (Wildman–Crippen MR) is 109 cm³/mol. The summed E-state index contributed by atoms with van der Waals surface area (Å²) in [6, 6.07) is 16.6. The lowest BCUT2D eigenvalue weighted by Gasteiger charge is -2.09. The second kappa shape index (κ2) is 9.71. The van der Waals surface area contributed by atoms with Crippen LogP contribution in [0.15, 0.2) is 75.3 Å². The van der Waals surface area contributed by atoms with Crippen LogP contribution in [0, 0.1) is 17.1 Å². The Morgan fingerprint density at radius 2 is 2.03 bits per heavy atom. The number of furan rings is 1. The van der Waals surface area contributed by atoms with Crippen LogP contribution >= 0.6 is 15.9 Å². The highest BCUT2D eigenvalue weighted by Crippen LogP contribution is 2.27. The van der Waals surface area contributed by atoms with Gasteiger partial charge < -0.3 is 14.5 Å². The SMILES string of the molecule is N#CC(=Cc1ccc(OCc2ccc(F)cc2)c(Br)c1)C(=O)NCc1ccco1. The average Bonchev–Trinajstić information content (AvgIpc) is 3.24. The highest BCUT2D eigenvalue weighted by atomic mass is 79.9. The normalized spacial score (nSPS) is 11.0. The quantitative estimate of drug-likeness (QED) is 0.403. The van der Waals surface area contributed by atoms with Gasteiger partial charge in [-0.3, -0.25) is 4.79 Å². The zero-order valence-electron chi connectivity index (χ0n) is 15.2. The molecule has 0 aliphatic heterocycles. The molecule has 0 aliphatic rings. The van der Waals surface area contributed by atoms with Crippen LogP contribution in [0.2, 0.25) is 0 Å². The Kier molecular flexibility index (Phi) is 6.82. The third-order valence-corrected chi connectivity index (χ3v) is 4.56. The summed E-state index contributed by atoms with van der Waals surface area (Å²) in [5, 5.41) is 11.9. The molecular weight excluding hydrogens is 439 g/mol. The summed E-state index contributed by atoms with van der Waals surface area (Å²) < 4.78 is 24.5. The number of amides is 1. The van der Waals surface area contributed by atoms with E-state index in [0.29, 0.717) is 21.5 Å². The van der Waals surface area contributed by atoms with Gasteiger partial charge in [-0.1, -0.05) is 18.2 Å². The van der Waals surface area contributed by atoms with Crippen molar-refractivity contribution in [3.8, 4) is 11.8 Å². The smallest absolute Gasteiger partial charge is 0.262 e. The van der Waals surface area contributed by atoms with Crippen LogP contribution in [0.25, 0.3) is 6.08 Å². The van der Waals surface area contributed by atoms with E-state index in [-0.39, 0.29) is 24.5 Å². The Labute approximate surface area is 175 Å². The van der Waals surface area contributed by atoms with Gasteiger partial charge in [-0.05, 0) is 69.5 Å². The third kappa shape index (κ3) is 5.80. The van der Waals surface area contributed by atoms with E-state index in [9.17, 15) is 14.4 Å². The second-order valence-corrected chi connectivity index (χ2v) is 6.89. The largest absolute Gasteiger partial charge is 0.488 e. The number of hydrogen-bond acceptors (Lipinski definition) is 4. The van der Waals surface area contributed by atoms with Crippen LogP contribution in [-0.4, -0.2) is 5.91 Å². The molecule has 0 fully saturated rings. The van der Waals surface area contributed by atoms with Gasteiger partial charge >= 0.3 is 0 Å². The van der Waals surface area contributed by atoms with E-state index < -0.39 is 5.91 Å². The van der Waals surface area contributed by atoms with E-state index in [1.54, 1.807) is 42.5 Å². The molecule has 5 nitrogen and oxygen atoms in total. The molecule has 3 rings (SSSR count). The average molecular weight is 455 g/mol. The fourth-order valence-corrected chi connectivity index (χ4v) is 2.97. The molecule has 146 valence electrons. The van der Waals surface area contributed by atoms with E-state index in [2.05, 4.69) is 21.2 Å². The first-order valence-corrected chi connectivity index (χ1v) is 9.43. The zero-order chi connectivity index (χ0) is 20.6. The number of carbonyl (C=O) groups is 1. The number of hydrogen-bond donors (Lipinski definition) is 1. The first kappa shape index (κ1) is 20.4. The van der Waals surface area contributed by atoms with Crippen molar-refractivity contribution < 1.29 is 18.3 Å². The molecule has 1 aromatic heterocycles. The summed E-state index contributed by atoms with van der Waals surface area (Å²) in [4.78, 5) is 12.2. The fourth-order valence-electron chi connectivity index (χ4n) is 2.46. The van der Waals surface area contributed by atoms with Crippen LogP contribution in [0.3, 0.4) is 0 Å². The van der Waals surface area contributed by atoms with Crippen molar-refractivity contribution in [1.29, 1.82) is 5.26 Å². The summed E-state index contributed by atoms with van der Waals surface area (Å²) in [6.45, 7) is 0.484. The maximum absolute atomic E-state index is 13.0. The van der Waals surface area contributed by atoms with Gasteiger partial charge in [-0.25, -0.2) is 4.39 Å². The molecule has 0 bridgehead atoms. The minimum Gasteiger partial charge on any atom is -0.488 e. The lowest BCUT2D eigenvalue weighted by Crippen LogP contribution is -2.23. The molecule has 0 spiro atoms. The van der Waals surface area contributed by atoms with Crippen LogP contribution in [0.4, 0.5) is 4.39 Å². The van der Waals surface area contributed by atoms with Gasteiger partial charge in [-0.2, -0.15) is 5.26 Å².